The number of hydrogen-bond donors (Lipinski definition) is 1. The lowest BCUT2D eigenvalue weighted by Crippen LogP contribution is -1.86. The van der Waals surface area contributed by atoms with Crippen LogP contribution < -0.4 is 10.5 Å². The highest BCUT2D eigenvalue weighted by Crippen LogP contribution is 2.22. The second-order valence-electron chi connectivity index (χ2n) is 3.94. The minimum absolute atomic E-state index is 0.727. The normalized spacial score (nSPS) is 9.53. The fourth-order valence-corrected chi connectivity index (χ4v) is 1.69. The molecule has 0 aromatic heterocycles. The van der Waals surface area contributed by atoms with Crippen LogP contribution in [0.5, 0.6) is 11.5 Å². The highest BCUT2D eigenvalue weighted by atomic mass is 79.9. The van der Waals surface area contributed by atoms with Crippen LogP contribution in [-0.2, 0) is 0 Å². The maximum atomic E-state index is 5.70. The van der Waals surface area contributed by atoms with Crippen LogP contribution in [0.15, 0.2) is 48.5 Å². The van der Waals surface area contributed by atoms with Crippen molar-refractivity contribution in [3.05, 3.63) is 54.1 Å². The average Bonchev–Trinajstić information content (AvgIpc) is 2.44. The predicted molar refractivity (Wildman–Crippen MR) is 82.7 cm³/mol. The first kappa shape index (κ1) is 13.5. The highest BCUT2D eigenvalue weighted by Gasteiger charge is 1.96. The third-order valence-corrected chi connectivity index (χ3v) is 2.82. The smallest absolute Gasteiger partial charge is 0.127 e. The number of ether oxygens (including phenoxy) is 1. The summed E-state index contributed by atoms with van der Waals surface area (Å²) in [6.45, 7) is 0. The Hall–Kier alpha value is -1.92. The van der Waals surface area contributed by atoms with E-state index in [1.807, 2.05) is 48.5 Å². The second-order valence-corrected chi connectivity index (χ2v) is 4.73. The molecule has 2 rings (SSSR count). The Balaban J connectivity index is 2.03. The summed E-state index contributed by atoms with van der Waals surface area (Å²) >= 11 is 3.35. The van der Waals surface area contributed by atoms with Crippen molar-refractivity contribution in [3.63, 3.8) is 0 Å². The van der Waals surface area contributed by atoms with E-state index in [2.05, 4.69) is 27.8 Å². The van der Waals surface area contributed by atoms with E-state index < -0.39 is 0 Å². The summed E-state index contributed by atoms with van der Waals surface area (Å²) < 4.78 is 5.70. The number of anilines is 1. The molecule has 0 radical (unpaired) electrons. The quantitative estimate of drug-likeness (QED) is 0.523. The van der Waals surface area contributed by atoms with Crippen molar-refractivity contribution in [2.75, 3.05) is 11.1 Å². The molecule has 0 aliphatic heterocycles. The molecule has 96 valence electrons. The Morgan fingerprint density at radius 1 is 0.947 bits per heavy atom. The Morgan fingerprint density at radius 2 is 1.53 bits per heavy atom. The molecular formula is C16H14BrNO. The van der Waals surface area contributed by atoms with Gasteiger partial charge in [0.25, 0.3) is 0 Å². The summed E-state index contributed by atoms with van der Waals surface area (Å²) in [5, 5.41) is 0.901. The molecule has 0 aliphatic rings. The number of benzene rings is 2. The minimum atomic E-state index is 0.727. The third kappa shape index (κ3) is 4.35. The van der Waals surface area contributed by atoms with Gasteiger partial charge in [-0.1, -0.05) is 27.8 Å². The minimum Gasteiger partial charge on any atom is -0.457 e. The van der Waals surface area contributed by atoms with Crippen LogP contribution in [0.1, 0.15) is 12.0 Å². The van der Waals surface area contributed by atoms with Gasteiger partial charge in [-0.15, -0.1) is 0 Å². The summed E-state index contributed by atoms with van der Waals surface area (Å²) in [6.07, 6.45) is 0.851. The maximum Gasteiger partial charge on any atom is 0.127 e. The van der Waals surface area contributed by atoms with E-state index in [4.69, 9.17) is 10.5 Å². The fraction of sp³-hybridized carbons (Fsp3) is 0.125. The molecule has 0 spiro atoms. The van der Waals surface area contributed by atoms with Gasteiger partial charge in [0.2, 0.25) is 0 Å². The number of nitrogen functional groups attached to an aromatic ring is 1. The maximum absolute atomic E-state index is 5.70. The lowest BCUT2D eigenvalue weighted by atomic mass is 10.2. The van der Waals surface area contributed by atoms with Crippen LogP contribution in [0.4, 0.5) is 5.69 Å². The van der Waals surface area contributed by atoms with Gasteiger partial charge in [-0.3, -0.25) is 0 Å². The second kappa shape index (κ2) is 6.86. The van der Waals surface area contributed by atoms with Crippen molar-refractivity contribution in [2.45, 2.75) is 6.42 Å². The first-order valence-electron chi connectivity index (χ1n) is 5.96. The van der Waals surface area contributed by atoms with Gasteiger partial charge in [0.1, 0.15) is 11.5 Å². The molecule has 0 aliphatic carbocycles. The van der Waals surface area contributed by atoms with Crippen LogP contribution in [0.3, 0.4) is 0 Å². The Kier molecular flexibility index (Phi) is 4.88. The van der Waals surface area contributed by atoms with E-state index in [1.54, 1.807) is 0 Å². The van der Waals surface area contributed by atoms with Gasteiger partial charge in [-0.25, -0.2) is 0 Å². The van der Waals surface area contributed by atoms with E-state index in [0.717, 1.165) is 34.5 Å². The molecule has 2 aromatic carbocycles. The molecule has 0 atom stereocenters. The van der Waals surface area contributed by atoms with E-state index in [9.17, 15) is 0 Å². The summed E-state index contributed by atoms with van der Waals surface area (Å²) in [5.74, 6) is 7.73. The Labute approximate surface area is 121 Å². The van der Waals surface area contributed by atoms with Crippen LogP contribution in [-0.4, -0.2) is 5.33 Å². The van der Waals surface area contributed by atoms with Gasteiger partial charge in [0, 0.05) is 23.0 Å². The number of hydrogen-bond acceptors (Lipinski definition) is 2. The lowest BCUT2D eigenvalue weighted by Gasteiger charge is -2.05. The molecule has 0 fully saturated rings. The molecule has 0 unspecified atom stereocenters. The Morgan fingerprint density at radius 3 is 2.11 bits per heavy atom. The van der Waals surface area contributed by atoms with E-state index in [1.165, 1.54) is 0 Å². The molecule has 0 heterocycles. The largest absolute Gasteiger partial charge is 0.457 e. The van der Waals surface area contributed by atoms with Crippen molar-refractivity contribution in [1.29, 1.82) is 0 Å². The van der Waals surface area contributed by atoms with E-state index in [0.29, 0.717) is 0 Å². The third-order valence-electron chi connectivity index (χ3n) is 2.42. The number of halogens is 1. The number of alkyl halides is 1. The Bertz CT molecular complexity index is 579. The van der Waals surface area contributed by atoms with Gasteiger partial charge in [0.05, 0.1) is 0 Å². The molecule has 2 N–H and O–H groups in total. The van der Waals surface area contributed by atoms with E-state index in [-0.39, 0.29) is 0 Å². The van der Waals surface area contributed by atoms with Crippen molar-refractivity contribution < 1.29 is 4.74 Å². The molecule has 0 amide bonds. The molecule has 3 heteroatoms. The van der Waals surface area contributed by atoms with E-state index >= 15 is 0 Å². The van der Waals surface area contributed by atoms with Crippen LogP contribution in [0.25, 0.3) is 0 Å². The van der Waals surface area contributed by atoms with Gasteiger partial charge < -0.3 is 10.5 Å². The number of nitrogens with two attached hydrogens (primary N) is 1. The zero-order chi connectivity index (χ0) is 13.5. The predicted octanol–water partition coefficient (Wildman–Crippen LogP) is 4.20. The van der Waals surface area contributed by atoms with Crippen molar-refractivity contribution >= 4 is 21.6 Å². The SMILES string of the molecule is Nc1ccc(Oc2ccc(C#CCCBr)cc2)cc1. The monoisotopic (exact) mass is 315 g/mol. The zero-order valence-electron chi connectivity index (χ0n) is 10.4. The average molecular weight is 316 g/mol. The van der Waals surface area contributed by atoms with Crippen LogP contribution >= 0.6 is 15.9 Å². The highest BCUT2D eigenvalue weighted by molar-refractivity contribution is 9.09. The molecular weight excluding hydrogens is 302 g/mol. The van der Waals surface area contributed by atoms with Crippen molar-refractivity contribution in [2.24, 2.45) is 0 Å². The topological polar surface area (TPSA) is 35.2 Å². The molecule has 2 nitrogen and oxygen atoms in total. The first-order valence-corrected chi connectivity index (χ1v) is 7.08. The molecule has 0 saturated carbocycles. The van der Waals surface area contributed by atoms with Crippen molar-refractivity contribution in [3.8, 4) is 23.3 Å². The van der Waals surface area contributed by atoms with Crippen LogP contribution in [0, 0.1) is 11.8 Å². The summed E-state index contributed by atoms with van der Waals surface area (Å²) in [7, 11) is 0. The zero-order valence-corrected chi connectivity index (χ0v) is 12.0. The summed E-state index contributed by atoms with van der Waals surface area (Å²) in [4.78, 5) is 0. The lowest BCUT2D eigenvalue weighted by molar-refractivity contribution is 0.483. The molecule has 19 heavy (non-hydrogen) atoms. The van der Waals surface area contributed by atoms with Gasteiger partial charge in [-0.2, -0.15) is 0 Å². The van der Waals surface area contributed by atoms with Gasteiger partial charge >= 0.3 is 0 Å². The number of rotatable bonds is 3. The summed E-state index contributed by atoms with van der Waals surface area (Å²) in [6, 6.07) is 15.0. The van der Waals surface area contributed by atoms with Gasteiger partial charge in [-0.05, 0) is 48.5 Å². The standard InChI is InChI=1S/C16H14BrNO/c17-12-2-1-3-13-4-8-15(9-5-13)19-16-10-6-14(18)7-11-16/h4-11H,2,12,18H2. The van der Waals surface area contributed by atoms with Gasteiger partial charge in [0.15, 0.2) is 0 Å². The molecule has 0 bridgehead atoms. The molecule has 2 aromatic rings. The van der Waals surface area contributed by atoms with Crippen LogP contribution in [0.2, 0.25) is 0 Å². The molecule has 0 saturated heterocycles. The summed E-state index contributed by atoms with van der Waals surface area (Å²) in [5.41, 5.74) is 7.34. The fourth-order valence-electron chi connectivity index (χ4n) is 1.49. The van der Waals surface area contributed by atoms with Crippen molar-refractivity contribution in [1.82, 2.24) is 0 Å². The first-order chi connectivity index (χ1) is 9.28.